The number of allylic oxidation sites excluding steroid dienone is 3. The SMILES string of the molecule is C/C=C1/C=C(C=O)C(c2ccccc2)O/C1=C/C. The predicted molar refractivity (Wildman–Crippen MR) is 71.9 cm³/mol. The van der Waals surface area contributed by atoms with E-state index in [2.05, 4.69) is 0 Å². The third kappa shape index (κ3) is 2.28. The van der Waals surface area contributed by atoms with Crippen molar-refractivity contribution in [3.05, 3.63) is 71.0 Å². The van der Waals surface area contributed by atoms with Gasteiger partial charge in [-0.2, -0.15) is 0 Å². The minimum absolute atomic E-state index is 0.307. The van der Waals surface area contributed by atoms with Crippen molar-refractivity contribution in [2.45, 2.75) is 20.0 Å². The van der Waals surface area contributed by atoms with Crippen LogP contribution >= 0.6 is 0 Å². The Morgan fingerprint density at radius 2 is 1.83 bits per heavy atom. The number of benzene rings is 1. The summed E-state index contributed by atoms with van der Waals surface area (Å²) in [6.45, 7) is 3.87. The maximum Gasteiger partial charge on any atom is 0.152 e. The van der Waals surface area contributed by atoms with E-state index in [1.54, 1.807) is 0 Å². The molecule has 0 N–H and O–H groups in total. The zero-order valence-electron chi connectivity index (χ0n) is 10.6. The highest BCUT2D eigenvalue weighted by atomic mass is 16.5. The zero-order chi connectivity index (χ0) is 13.0. The molecule has 0 saturated heterocycles. The molecule has 2 rings (SSSR count). The summed E-state index contributed by atoms with van der Waals surface area (Å²) < 4.78 is 5.92. The Kier molecular flexibility index (Phi) is 3.78. The monoisotopic (exact) mass is 240 g/mol. The molecule has 2 nitrogen and oxygen atoms in total. The van der Waals surface area contributed by atoms with Crippen LogP contribution in [-0.4, -0.2) is 6.29 Å². The highest BCUT2D eigenvalue weighted by Crippen LogP contribution is 2.35. The highest BCUT2D eigenvalue weighted by molar-refractivity contribution is 5.78. The second-order valence-corrected chi connectivity index (χ2v) is 4.07. The van der Waals surface area contributed by atoms with Crippen LogP contribution in [0.5, 0.6) is 0 Å². The summed E-state index contributed by atoms with van der Waals surface area (Å²) >= 11 is 0. The first-order chi connectivity index (χ1) is 8.80. The lowest BCUT2D eigenvalue weighted by atomic mass is 9.96. The number of rotatable bonds is 2. The van der Waals surface area contributed by atoms with Gasteiger partial charge in [-0.05, 0) is 31.6 Å². The van der Waals surface area contributed by atoms with Crippen LogP contribution in [0.1, 0.15) is 25.5 Å². The minimum atomic E-state index is -0.307. The van der Waals surface area contributed by atoms with E-state index in [0.717, 1.165) is 23.2 Å². The van der Waals surface area contributed by atoms with Crippen molar-refractivity contribution in [2.75, 3.05) is 0 Å². The van der Waals surface area contributed by atoms with E-state index in [-0.39, 0.29) is 6.10 Å². The molecule has 0 saturated carbocycles. The molecule has 0 bridgehead atoms. The molecule has 0 aliphatic carbocycles. The Morgan fingerprint density at radius 1 is 1.11 bits per heavy atom. The van der Waals surface area contributed by atoms with Gasteiger partial charge in [0.2, 0.25) is 0 Å². The Bertz CT molecular complexity index is 521. The van der Waals surface area contributed by atoms with Crippen molar-refractivity contribution >= 4 is 6.29 Å². The number of aldehydes is 1. The molecular weight excluding hydrogens is 224 g/mol. The quantitative estimate of drug-likeness (QED) is 0.736. The van der Waals surface area contributed by atoms with Crippen LogP contribution in [0.3, 0.4) is 0 Å². The van der Waals surface area contributed by atoms with Crippen molar-refractivity contribution < 1.29 is 9.53 Å². The molecule has 0 spiro atoms. The highest BCUT2D eigenvalue weighted by Gasteiger charge is 2.24. The molecule has 2 heteroatoms. The molecule has 0 radical (unpaired) electrons. The van der Waals surface area contributed by atoms with Crippen molar-refractivity contribution in [3.63, 3.8) is 0 Å². The van der Waals surface area contributed by atoms with Gasteiger partial charge in [0.15, 0.2) is 6.10 Å². The Morgan fingerprint density at radius 3 is 2.39 bits per heavy atom. The van der Waals surface area contributed by atoms with Gasteiger partial charge in [-0.25, -0.2) is 0 Å². The van der Waals surface area contributed by atoms with E-state index < -0.39 is 0 Å². The predicted octanol–water partition coefficient (Wildman–Crippen LogP) is 3.73. The van der Waals surface area contributed by atoms with Gasteiger partial charge in [0.25, 0.3) is 0 Å². The first-order valence-electron chi connectivity index (χ1n) is 6.01. The average molecular weight is 240 g/mol. The van der Waals surface area contributed by atoms with Crippen LogP contribution in [0, 0.1) is 0 Å². The van der Waals surface area contributed by atoms with Gasteiger partial charge in [0, 0.05) is 11.1 Å². The fourth-order valence-electron chi connectivity index (χ4n) is 2.03. The van der Waals surface area contributed by atoms with E-state index in [1.165, 1.54) is 0 Å². The standard InChI is InChI=1S/C16H16O2/c1-3-12-10-14(11-17)16(18-15(12)4-2)13-8-6-5-7-9-13/h3-11,16H,1-2H3/b12-3-,15-4+. The summed E-state index contributed by atoms with van der Waals surface area (Å²) in [7, 11) is 0. The van der Waals surface area contributed by atoms with E-state index >= 15 is 0 Å². The van der Waals surface area contributed by atoms with Crippen molar-refractivity contribution in [1.82, 2.24) is 0 Å². The Balaban J connectivity index is 2.46. The smallest absolute Gasteiger partial charge is 0.152 e. The van der Waals surface area contributed by atoms with Gasteiger partial charge in [-0.1, -0.05) is 36.4 Å². The minimum Gasteiger partial charge on any atom is -0.481 e. The molecule has 0 fully saturated rings. The van der Waals surface area contributed by atoms with Crippen LogP contribution in [-0.2, 0) is 9.53 Å². The fourth-order valence-corrected chi connectivity index (χ4v) is 2.03. The van der Waals surface area contributed by atoms with Crippen LogP contribution in [0.2, 0.25) is 0 Å². The molecule has 18 heavy (non-hydrogen) atoms. The van der Waals surface area contributed by atoms with Gasteiger partial charge in [-0.15, -0.1) is 0 Å². The summed E-state index contributed by atoms with van der Waals surface area (Å²) in [6, 6.07) is 9.78. The van der Waals surface area contributed by atoms with E-state index in [0.29, 0.717) is 5.57 Å². The largest absolute Gasteiger partial charge is 0.481 e. The molecule has 1 aliphatic rings. The van der Waals surface area contributed by atoms with E-state index in [9.17, 15) is 4.79 Å². The first kappa shape index (κ1) is 12.4. The molecule has 92 valence electrons. The topological polar surface area (TPSA) is 26.3 Å². The Labute approximate surface area is 107 Å². The lowest BCUT2D eigenvalue weighted by Crippen LogP contribution is -2.14. The first-order valence-corrected chi connectivity index (χ1v) is 6.01. The van der Waals surface area contributed by atoms with E-state index in [1.807, 2.05) is 62.4 Å². The molecule has 1 unspecified atom stereocenters. The summed E-state index contributed by atoms with van der Waals surface area (Å²) in [4.78, 5) is 11.2. The summed E-state index contributed by atoms with van der Waals surface area (Å²) in [5.41, 5.74) is 2.59. The normalized spacial score (nSPS) is 23.7. The van der Waals surface area contributed by atoms with Crippen molar-refractivity contribution in [1.29, 1.82) is 0 Å². The van der Waals surface area contributed by atoms with Crippen molar-refractivity contribution in [3.8, 4) is 0 Å². The summed E-state index contributed by atoms with van der Waals surface area (Å²) in [5, 5.41) is 0. The molecule has 0 aromatic heterocycles. The number of carbonyl (C=O) groups is 1. The third-order valence-corrected chi connectivity index (χ3v) is 2.97. The van der Waals surface area contributed by atoms with Crippen LogP contribution < -0.4 is 0 Å². The van der Waals surface area contributed by atoms with Gasteiger partial charge < -0.3 is 4.74 Å². The maximum absolute atomic E-state index is 11.2. The number of ether oxygens (including phenoxy) is 1. The van der Waals surface area contributed by atoms with Gasteiger partial charge >= 0.3 is 0 Å². The average Bonchev–Trinajstić information content (AvgIpc) is 2.46. The molecule has 1 atom stereocenters. The van der Waals surface area contributed by atoms with Crippen LogP contribution in [0.15, 0.2) is 65.5 Å². The number of carbonyl (C=O) groups excluding carboxylic acids is 1. The molecule has 1 aromatic rings. The molecule has 1 aliphatic heterocycles. The molecular formula is C16H16O2. The lowest BCUT2D eigenvalue weighted by molar-refractivity contribution is -0.106. The van der Waals surface area contributed by atoms with Gasteiger partial charge in [0.1, 0.15) is 12.0 Å². The lowest BCUT2D eigenvalue weighted by Gasteiger charge is -2.26. The van der Waals surface area contributed by atoms with Gasteiger partial charge in [-0.3, -0.25) is 4.79 Å². The molecule has 1 heterocycles. The summed E-state index contributed by atoms with van der Waals surface area (Å²) in [6.07, 6.45) is 6.32. The Hall–Kier alpha value is -2.09. The van der Waals surface area contributed by atoms with Gasteiger partial charge in [0.05, 0.1) is 0 Å². The third-order valence-electron chi connectivity index (χ3n) is 2.97. The molecule has 1 aromatic carbocycles. The number of hydrogen-bond donors (Lipinski definition) is 0. The van der Waals surface area contributed by atoms with Crippen LogP contribution in [0.4, 0.5) is 0 Å². The fraction of sp³-hybridized carbons (Fsp3) is 0.188. The van der Waals surface area contributed by atoms with Crippen molar-refractivity contribution in [2.24, 2.45) is 0 Å². The van der Waals surface area contributed by atoms with E-state index in [4.69, 9.17) is 4.74 Å². The van der Waals surface area contributed by atoms with Crippen LogP contribution in [0.25, 0.3) is 0 Å². The second kappa shape index (κ2) is 5.50. The molecule has 0 amide bonds. The maximum atomic E-state index is 11.2. The zero-order valence-corrected chi connectivity index (χ0v) is 10.6. The second-order valence-electron chi connectivity index (χ2n) is 4.07. The summed E-state index contributed by atoms with van der Waals surface area (Å²) in [5.74, 6) is 0.817. The number of hydrogen-bond acceptors (Lipinski definition) is 2.